The summed E-state index contributed by atoms with van der Waals surface area (Å²) in [5.41, 5.74) is 0. The van der Waals surface area contributed by atoms with E-state index >= 15 is 0 Å². The lowest BCUT2D eigenvalue weighted by Crippen LogP contribution is -2.46. The summed E-state index contributed by atoms with van der Waals surface area (Å²) < 4.78 is 10.5. The second-order valence-corrected chi connectivity index (χ2v) is 3.97. The van der Waals surface area contributed by atoms with Crippen LogP contribution in [0.5, 0.6) is 0 Å². The zero-order valence-electron chi connectivity index (χ0n) is 9.71. The van der Waals surface area contributed by atoms with E-state index in [-0.39, 0.29) is 4.92 Å². The van der Waals surface area contributed by atoms with Crippen LogP contribution < -0.4 is 0 Å². The third kappa shape index (κ3) is 3.31. The number of nitrogens with zero attached hydrogens (tertiary/aromatic N) is 3. The quantitative estimate of drug-likeness (QED) is 0.502. The van der Waals surface area contributed by atoms with E-state index in [9.17, 15) is 10.1 Å². The Bertz CT molecular complexity index is 276. The summed E-state index contributed by atoms with van der Waals surface area (Å²) >= 11 is 0. The molecule has 2 rings (SSSR count). The Morgan fingerprint density at radius 1 is 1.00 bits per heavy atom. The van der Waals surface area contributed by atoms with Crippen molar-refractivity contribution in [3.8, 4) is 0 Å². The third-order valence-corrected chi connectivity index (χ3v) is 2.89. The van der Waals surface area contributed by atoms with Gasteiger partial charge in [-0.05, 0) is 0 Å². The van der Waals surface area contributed by atoms with Gasteiger partial charge >= 0.3 is 0 Å². The average Bonchev–Trinajstić information content (AvgIpc) is 2.38. The lowest BCUT2D eigenvalue weighted by Gasteiger charge is -2.37. The molecule has 0 N–H and O–H groups in total. The number of ether oxygens (including phenoxy) is 2. The van der Waals surface area contributed by atoms with Crippen molar-refractivity contribution in [2.45, 2.75) is 0 Å². The maximum Gasteiger partial charge on any atom is 0.274 e. The van der Waals surface area contributed by atoms with E-state index in [2.05, 4.69) is 0 Å². The summed E-state index contributed by atoms with van der Waals surface area (Å²) in [6.45, 7) is 5.32. The van der Waals surface area contributed by atoms with Gasteiger partial charge in [0.15, 0.2) is 5.82 Å². The molecule has 0 aliphatic carbocycles. The van der Waals surface area contributed by atoms with E-state index in [0.29, 0.717) is 58.4 Å². The molecule has 2 saturated heterocycles. The monoisotopic (exact) mass is 243 g/mol. The van der Waals surface area contributed by atoms with Crippen molar-refractivity contribution < 1.29 is 14.4 Å². The summed E-state index contributed by atoms with van der Waals surface area (Å²) in [4.78, 5) is 14.3. The largest absolute Gasteiger partial charge is 0.378 e. The van der Waals surface area contributed by atoms with Crippen molar-refractivity contribution in [2.24, 2.45) is 0 Å². The van der Waals surface area contributed by atoms with Crippen LogP contribution >= 0.6 is 0 Å². The highest BCUT2D eigenvalue weighted by atomic mass is 16.6. The predicted molar refractivity (Wildman–Crippen MR) is 59.9 cm³/mol. The fourth-order valence-corrected chi connectivity index (χ4v) is 2.04. The highest BCUT2D eigenvalue weighted by Crippen LogP contribution is 2.14. The van der Waals surface area contributed by atoms with Crippen LogP contribution in [-0.2, 0) is 9.47 Å². The highest BCUT2D eigenvalue weighted by molar-refractivity contribution is 4.98. The van der Waals surface area contributed by atoms with Gasteiger partial charge in [-0.15, -0.1) is 0 Å². The fourth-order valence-electron chi connectivity index (χ4n) is 2.04. The smallest absolute Gasteiger partial charge is 0.274 e. The van der Waals surface area contributed by atoms with Crippen LogP contribution in [0.25, 0.3) is 0 Å². The van der Waals surface area contributed by atoms with Crippen LogP contribution in [0.3, 0.4) is 0 Å². The molecule has 2 fully saturated rings. The van der Waals surface area contributed by atoms with E-state index in [4.69, 9.17) is 9.47 Å². The zero-order chi connectivity index (χ0) is 12.1. The molecule has 0 radical (unpaired) electrons. The van der Waals surface area contributed by atoms with Crippen LogP contribution in [0.1, 0.15) is 0 Å². The number of nitro groups is 1. The Kier molecular flexibility index (Phi) is 4.16. The average molecular weight is 243 g/mol. The molecule has 0 amide bonds. The van der Waals surface area contributed by atoms with Crippen LogP contribution in [0.15, 0.2) is 12.0 Å². The Morgan fingerprint density at radius 2 is 1.41 bits per heavy atom. The zero-order valence-corrected chi connectivity index (χ0v) is 9.71. The van der Waals surface area contributed by atoms with Gasteiger partial charge < -0.3 is 19.3 Å². The topological polar surface area (TPSA) is 68.1 Å². The lowest BCUT2D eigenvalue weighted by molar-refractivity contribution is -0.405. The second-order valence-electron chi connectivity index (χ2n) is 3.97. The number of rotatable bonds is 3. The van der Waals surface area contributed by atoms with Gasteiger partial charge in [-0.25, -0.2) is 0 Å². The van der Waals surface area contributed by atoms with E-state index in [1.54, 1.807) is 0 Å². The molecule has 0 spiro atoms. The van der Waals surface area contributed by atoms with E-state index in [1.165, 1.54) is 0 Å². The molecule has 0 bridgehead atoms. The van der Waals surface area contributed by atoms with Crippen LogP contribution in [0.2, 0.25) is 0 Å². The normalized spacial score (nSPS) is 21.2. The first-order valence-corrected chi connectivity index (χ1v) is 5.78. The lowest BCUT2D eigenvalue weighted by atomic mass is 10.3. The predicted octanol–water partition coefficient (Wildman–Crippen LogP) is -0.274. The second kappa shape index (κ2) is 5.83. The molecule has 0 saturated carbocycles. The summed E-state index contributed by atoms with van der Waals surface area (Å²) in [6.07, 6.45) is 1.09. The fraction of sp³-hybridized carbons (Fsp3) is 0.800. The van der Waals surface area contributed by atoms with Crippen LogP contribution in [0, 0.1) is 10.1 Å². The van der Waals surface area contributed by atoms with E-state index in [1.807, 2.05) is 9.80 Å². The van der Waals surface area contributed by atoms with Gasteiger partial charge in [-0.3, -0.25) is 10.1 Å². The Morgan fingerprint density at radius 3 is 1.76 bits per heavy atom. The maximum absolute atomic E-state index is 10.7. The van der Waals surface area contributed by atoms with Crippen molar-refractivity contribution in [1.82, 2.24) is 9.80 Å². The minimum atomic E-state index is -0.389. The van der Waals surface area contributed by atoms with Gasteiger partial charge in [0.2, 0.25) is 0 Å². The highest BCUT2D eigenvalue weighted by Gasteiger charge is 2.23. The van der Waals surface area contributed by atoms with Crippen molar-refractivity contribution in [3.05, 3.63) is 22.1 Å². The molecular formula is C10H17N3O4. The number of hydrogen-bond donors (Lipinski definition) is 0. The van der Waals surface area contributed by atoms with Crippen LogP contribution in [0.4, 0.5) is 0 Å². The van der Waals surface area contributed by atoms with Gasteiger partial charge in [0.1, 0.15) is 0 Å². The molecule has 0 aromatic carbocycles. The first kappa shape index (κ1) is 12.1. The molecule has 2 heterocycles. The Hall–Kier alpha value is -1.34. The molecule has 2 aliphatic heterocycles. The summed E-state index contributed by atoms with van der Waals surface area (Å²) in [7, 11) is 0. The first-order valence-electron chi connectivity index (χ1n) is 5.78. The molecule has 0 aromatic rings. The summed E-state index contributed by atoms with van der Waals surface area (Å²) in [5, 5.41) is 10.7. The maximum atomic E-state index is 10.7. The van der Waals surface area contributed by atoms with Crippen LogP contribution in [-0.4, -0.2) is 67.3 Å². The minimum absolute atomic E-state index is 0.389. The number of hydrogen-bond acceptors (Lipinski definition) is 6. The van der Waals surface area contributed by atoms with Crippen molar-refractivity contribution in [1.29, 1.82) is 0 Å². The Labute approximate surface area is 99.7 Å². The van der Waals surface area contributed by atoms with E-state index in [0.717, 1.165) is 6.20 Å². The SMILES string of the molecule is O=[N+]([O-])C=C(N1CCOCC1)N1CCOCC1. The molecule has 96 valence electrons. The molecule has 0 unspecified atom stereocenters. The number of morpholine rings is 2. The van der Waals surface area contributed by atoms with Gasteiger partial charge in [0, 0.05) is 26.2 Å². The molecule has 0 aromatic heterocycles. The van der Waals surface area contributed by atoms with Crippen molar-refractivity contribution in [2.75, 3.05) is 52.6 Å². The van der Waals surface area contributed by atoms with Gasteiger partial charge in [0.25, 0.3) is 6.20 Å². The minimum Gasteiger partial charge on any atom is -0.378 e. The summed E-state index contributed by atoms with van der Waals surface area (Å²) in [5.74, 6) is 0.682. The standard InChI is InChI=1S/C10H17N3O4/c14-13(15)9-10(11-1-5-16-6-2-11)12-3-7-17-8-4-12/h9H,1-8H2. The molecule has 0 atom stereocenters. The van der Waals surface area contributed by atoms with Gasteiger partial charge in [0.05, 0.1) is 31.4 Å². The van der Waals surface area contributed by atoms with Crippen molar-refractivity contribution in [3.63, 3.8) is 0 Å². The van der Waals surface area contributed by atoms with E-state index < -0.39 is 0 Å². The molecular weight excluding hydrogens is 226 g/mol. The molecule has 17 heavy (non-hydrogen) atoms. The Balaban J connectivity index is 2.08. The molecule has 2 aliphatic rings. The van der Waals surface area contributed by atoms with Gasteiger partial charge in [-0.1, -0.05) is 0 Å². The first-order chi connectivity index (χ1) is 8.27. The molecule has 7 nitrogen and oxygen atoms in total. The summed E-state index contributed by atoms with van der Waals surface area (Å²) in [6, 6.07) is 0. The van der Waals surface area contributed by atoms with Crippen molar-refractivity contribution >= 4 is 0 Å². The third-order valence-electron chi connectivity index (χ3n) is 2.89. The van der Waals surface area contributed by atoms with Gasteiger partial charge in [-0.2, -0.15) is 0 Å². The molecule has 7 heteroatoms.